The van der Waals surface area contributed by atoms with Crippen molar-refractivity contribution in [3.05, 3.63) is 77.9 Å². The molecular weight excluding hydrogens is 420 g/mol. The highest BCUT2D eigenvalue weighted by Gasteiger charge is 2.11. The van der Waals surface area contributed by atoms with Gasteiger partial charge in [-0.15, -0.1) is 0 Å². The Hall–Kier alpha value is -4.40. The molecule has 33 heavy (non-hydrogen) atoms. The van der Waals surface area contributed by atoms with Gasteiger partial charge in [-0.2, -0.15) is 5.10 Å². The Morgan fingerprint density at radius 1 is 0.909 bits per heavy atom. The first-order valence-electron chi connectivity index (χ1n) is 10.3. The first-order valence-corrected chi connectivity index (χ1v) is 10.3. The minimum absolute atomic E-state index is 0.363. The van der Waals surface area contributed by atoms with Crippen molar-refractivity contribution in [3.63, 3.8) is 0 Å². The fourth-order valence-corrected chi connectivity index (χ4v) is 3.17. The minimum Gasteiger partial charge on any atom is -0.497 e. The maximum atomic E-state index is 12.3. The lowest BCUT2D eigenvalue weighted by molar-refractivity contribution is 0.262. The van der Waals surface area contributed by atoms with Crippen molar-refractivity contribution in [1.82, 2.24) is 19.7 Å². The summed E-state index contributed by atoms with van der Waals surface area (Å²) in [6.07, 6.45) is 1.44. The van der Waals surface area contributed by atoms with Gasteiger partial charge in [0.25, 0.3) is 0 Å². The number of nitrogens with zero attached hydrogens (tertiary/aromatic N) is 4. The highest BCUT2D eigenvalue weighted by atomic mass is 16.5. The van der Waals surface area contributed by atoms with Crippen LogP contribution >= 0.6 is 0 Å². The van der Waals surface area contributed by atoms with Crippen LogP contribution in [0.4, 0.5) is 16.2 Å². The number of carbonyl (C=O) groups is 1. The van der Waals surface area contributed by atoms with E-state index in [4.69, 9.17) is 9.47 Å². The number of hydrogen-bond acceptors (Lipinski definition) is 6. The molecule has 0 bridgehead atoms. The van der Waals surface area contributed by atoms with Gasteiger partial charge in [0.05, 0.1) is 12.8 Å². The average Bonchev–Trinajstić information content (AvgIpc) is 3.08. The molecule has 0 aliphatic rings. The second-order valence-electron chi connectivity index (χ2n) is 7.36. The van der Waals surface area contributed by atoms with Crippen LogP contribution in [0.2, 0.25) is 0 Å². The van der Waals surface area contributed by atoms with E-state index in [0.717, 1.165) is 17.0 Å². The lowest BCUT2D eigenvalue weighted by Gasteiger charge is -2.10. The molecule has 4 rings (SSSR count). The van der Waals surface area contributed by atoms with Gasteiger partial charge >= 0.3 is 6.03 Å². The molecular formula is C24H24N6O3. The molecule has 0 radical (unpaired) electrons. The monoisotopic (exact) mass is 444 g/mol. The van der Waals surface area contributed by atoms with Crippen LogP contribution in [-0.4, -0.2) is 32.9 Å². The number of carbonyl (C=O) groups excluding carboxylic acids is 1. The van der Waals surface area contributed by atoms with E-state index in [1.165, 1.54) is 6.33 Å². The molecule has 0 spiro atoms. The number of methoxy groups -OCH3 is 1. The van der Waals surface area contributed by atoms with Crippen molar-refractivity contribution in [2.75, 3.05) is 17.7 Å². The third kappa shape index (κ3) is 5.09. The van der Waals surface area contributed by atoms with Crippen molar-refractivity contribution in [2.45, 2.75) is 20.8 Å². The van der Waals surface area contributed by atoms with Gasteiger partial charge in [0.1, 0.15) is 17.8 Å². The highest BCUT2D eigenvalue weighted by molar-refractivity contribution is 5.99. The van der Waals surface area contributed by atoms with Crippen molar-refractivity contribution in [3.8, 4) is 23.2 Å². The number of urea groups is 1. The summed E-state index contributed by atoms with van der Waals surface area (Å²) in [6.45, 7) is 5.98. The van der Waals surface area contributed by atoms with Crippen LogP contribution in [0.5, 0.6) is 17.4 Å². The number of rotatable bonds is 6. The molecule has 2 aromatic carbocycles. The third-order valence-corrected chi connectivity index (χ3v) is 5.16. The molecule has 2 aromatic heterocycles. The smallest absolute Gasteiger partial charge is 0.323 e. The van der Waals surface area contributed by atoms with Crippen molar-refractivity contribution < 1.29 is 14.3 Å². The molecule has 2 amide bonds. The van der Waals surface area contributed by atoms with Gasteiger partial charge < -0.3 is 20.1 Å². The van der Waals surface area contributed by atoms with Gasteiger partial charge in [0.2, 0.25) is 5.88 Å². The molecule has 0 unspecified atom stereocenters. The molecule has 9 heteroatoms. The number of nitrogens with one attached hydrogen (secondary N) is 2. The van der Waals surface area contributed by atoms with E-state index in [-0.39, 0.29) is 6.03 Å². The van der Waals surface area contributed by atoms with Crippen molar-refractivity contribution in [2.24, 2.45) is 0 Å². The van der Waals surface area contributed by atoms with E-state index < -0.39 is 0 Å². The summed E-state index contributed by atoms with van der Waals surface area (Å²) >= 11 is 0. The molecule has 0 saturated heterocycles. The number of benzene rings is 2. The summed E-state index contributed by atoms with van der Waals surface area (Å²) in [7, 11) is 1.57. The van der Waals surface area contributed by atoms with E-state index >= 15 is 0 Å². The normalized spacial score (nSPS) is 10.5. The molecule has 0 saturated carbocycles. The molecule has 0 atom stereocenters. The van der Waals surface area contributed by atoms with Gasteiger partial charge in [-0.05, 0) is 62.7 Å². The predicted molar refractivity (Wildman–Crippen MR) is 126 cm³/mol. The molecule has 0 aliphatic heterocycles. The van der Waals surface area contributed by atoms with Crippen molar-refractivity contribution in [1.29, 1.82) is 0 Å². The Kier molecular flexibility index (Phi) is 6.21. The van der Waals surface area contributed by atoms with Gasteiger partial charge in [0, 0.05) is 29.2 Å². The Morgan fingerprint density at radius 3 is 2.36 bits per heavy atom. The van der Waals surface area contributed by atoms with Gasteiger partial charge in [-0.1, -0.05) is 6.07 Å². The Morgan fingerprint density at radius 2 is 1.67 bits per heavy atom. The molecule has 0 fully saturated rings. The first kappa shape index (κ1) is 21.8. The Bertz CT molecular complexity index is 1280. The lowest BCUT2D eigenvalue weighted by atomic mass is 10.2. The summed E-state index contributed by atoms with van der Waals surface area (Å²) < 4.78 is 12.8. The molecule has 9 nitrogen and oxygen atoms in total. The summed E-state index contributed by atoms with van der Waals surface area (Å²) in [5, 5.41) is 10.1. The maximum Gasteiger partial charge on any atom is 0.323 e. The van der Waals surface area contributed by atoms with Gasteiger partial charge in [-0.25, -0.2) is 19.4 Å². The fraction of sp³-hybridized carbons (Fsp3) is 0.167. The lowest BCUT2D eigenvalue weighted by Crippen LogP contribution is -2.19. The molecule has 2 heterocycles. The number of aromatic nitrogens is 4. The zero-order chi connectivity index (χ0) is 23.4. The summed E-state index contributed by atoms with van der Waals surface area (Å²) in [4.78, 5) is 20.8. The zero-order valence-electron chi connectivity index (χ0n) is 18.8. The van der Waals surface area contributed by atoms with Crippen LogP contribution in [0.25, 0.3) is 5.82 Å². The highest BCUT2D eigenvalue weighted by Crippen LogP contribution is 2.24. The summed E-state index contributed by atoms with van der Waals surface area (Å²) in [5.74, 6) is 2.25. The predicted octanol–water partition coefficient (Wildman–Crippen LogP) is 5.03. The van der Waals surface area contributed by atoms with Crippen LogP contribution in [0, 0.1) is 20.8 Å². The Labute approximate surface area is 191 Å². The quantitative estimate of drug-likeness (QED) is 0.432. The van der Waals surface area contributed by atoms with E-state index in [1.807, 2.05) is 20.8 Å². The van der Waals surface area contributed by atoms with Crippen LogP contribution in [0.15, 0.2) is 60.9 Å². The first-order chi connectivity index (χ1) is 15.9. The number of anilines is 2. The Balaban J connectivity index is 1.40. The van der Waals surface area contributed by atoms with Crippen LogP contribution in [0.1, 0.15) is 17.0 Å². The van der Waals surface area contributed by atoms with E-state index in [1.54, 1.807) is 66.4 Å². The fourth-order valence-electron chi connectivity index (χ4n) is 3.17. The number of hydrogen-bond donors (Lipinski definition) is 2. The molecule has 0 aliphatic carbocycles. The van der Waals surface area contributed by atoms with Crippen molar-refractivity contribution >= 4 is 17.4 Å². The summed E-state index contributed by atoms with van der Waals surface area (Å²) in [6, 6.07) is 15.5. The molecule has 168 valence electrons. The van der Waals surface area contributed by atoms with Gasteiger partial charge in [-0.3, -0.25) is 0 Å². The number of amides is 2. The zero-order valence-corrected chi connectivity index (χ0v) is 18.8. The van der Waals surface area contributed by atoms with E-state index in [2.05, 4.69) is 25.7 Å². The molecule has 2 N–H and O–H groups in total. The summed E-state index contributed by atoms with van der Waals surface area (Å²) in [5.41, 5.74) is 4.33. The van der Waals surface area contributed by atoms with Crippen LogP contribution < -0.4 is 20.1 Å². The van der Waals surface area contributed by atoms with E-state index in [0.29, 0.717) is 34.6 Å². The van der Waals surface area contributed by atoms with Gasteiger partial charge in [0.15, 0.2) is 5.82 Å². The largest absolute Gasteiger partial charge is 0.497 e. The average molecular weight is 444 g/mol. The number of ether oxygens (including phenoxy) is 2. The van der Waals surface area contributed by atoms with E-state index in [9.17, 15) is 4.79 Å². The second kappa shape index (κ2) is 9.39. The standard InChI is InChI=1S/C24H24N6O3/c1-15-16(2)29-30(17(15)3)22-13-23(26-14-25-22)33-20-10-8-18(9-11-20)27-24(31)28-19-6-5-7-21(12-19)32-4/h5-14H,1-4H3,(H2,27,28,31). The maximum absolute atomic E-state index is 12.3. The molecule has 4 aromatic rings. The SMILES string of the molecule is COc1cccc(NC(=O)Nc2ccc(Oc3cc(-n4nc(C)c(C)c4C)ncn3)cc2)c1. The second-order valence-corrected chi connectivity index (χ2v) is 7.36. The topological polar surface area (TPSA) is 103 Å². The minimum atomic E-state index is -0.363. The van der Waals surface area contributed by atoms with Crippen LogP contribution in [-0.2, 0) is 0 Å². The third-order valence-electron chi connectivity index (χ3n) is 5.16. The van der Waals surface area contributed by atoms with Crippen LogP contribution in [0.3, 0.4) is 0 Å². The number of aryl methyl sites for hydroxylation is 1.